The Morgan fingerprint density at radius 3 is 2.22 bits per heavy atom. The number of aliphatic carboxylic acids is 1. The molecule has 3 aliphatic rings. The van der Waals surface area contributed by atoms with Gasteiger partial charge in [0.05, 0.1) is 6.42 Å². The van der Waals surface area contributed by atoms with Crippen molar-refractivity contribution in [2.75, 3.05) is 6.61 Å². The molecule has 32 heavy (non-hydrogen) atoms. The summed E-state index contributed by atoms with van der Waals surface area (Å²) in [4.78, 5) is 48.5. The summed E-state index contributed by atoms with van der Waals surface area (Å²) >= 11 is 0. The number of alkyl carbamates (subject to hydrolysis) is 1. The maximum absolute atomic E-state index is 12.9. The smallest absolute Gasteiger partial charge is 0.408 e. The minimum absolute atomic E-state index is 0.0995. The van der Waals surface area contributed by atoms with Gasteiger partial charge in [-0.3, -0.25) is 15.0 Å². The van der Waals surface area contributed by atoms with Crippen LogP contribution < -0.4 is 10.7 Å². The summed E-state index contributed by atoms with van der Waals surface area (Å²) in [5, 5.41) is 12.7. The van der Waals surface area contributed by atoms with Gasteiger partial charge in [-0.1, -0.05) is 48.5 Å². The van der Waals surface area contributed by atoms with Gasteiger partial charge in [-0.25, -0.2) is 14.6 Å². The van der Waals surface area contributed by atoms with Crippen molar-refractivity contribution >= 4 is 23.9 Å². The number of fused-ring (bicyclic) bond motifs is 3. The number of carbonyl (C=O) groups is 4. The highest BCUT2D eigenvalue weighted by Crippen LogP contribution is 2.44. The number of nitrogens with one attached hydrogen (secondary N) is 2. The molecular weight excluding hydrogens is 414 g/mol. The van der Waals surface area contributed by atoms with Crippen LogP contribution in [0.15, 0.2) is 48.5 Å². The number of carboxylic acid groups (broad SMARTS) is 1. The number of carboxylic acids is 1. The van der Waals surface area contributed by atoms with E-state index in [-0.39, 0.29) is 18.9 Å². The van der Waals surface area contributed by atoms with Crippen molar-refractivity contribution in [1.82, 2.24) is 15.8 Å². The van der Waals surface area contributed by atoms with E-state index in [1.54, 1.807) is 0 Å². The minimum atomic E-state index is -1.29. The van der Waals surface area contributed by atoms with Crippen molar-refractivity contribution in [2.45, 2.75) is 36.8 Å². The van der Waals surface area contributed by atoms with E-state index in [4.69, 9.17) is 4.74 Å². The zero-order valence-electron chi connectivity index (χ0n) is 17.0. The maximum Gasteiger partial charge on any atom is 0.408 e. The Labute approximate surface area is 183 Å². The van der Waals surface area contributed by atoms with Crippen LogP contribution in [0.4, 0.5) is 4.79 Å². The molecule has 1 saturated heterocycles. The third kappa shape index (κ3) is 3.26. The van der Waals surface area contributed by atoms with Crippen molar-refractivity contribution in [2.24, 2.45) is 0 Å². The van der Waals surface area contributed by atoms with Crippen LogP contribution in [0.3, 0.4) is 0 Å². The molecule has 9 heteroatoms. The van der Waals surface area contributed by atoms with Crippen molar-refractivity contribution in [3.8, 4) is 11.1 Å². The molecule has 164 valence electrons. The van der Waals surface area contributed by atoms with Crippen molar-refractivity contribution < 1.29 is 29.0 Å². The van der Waals surface area contributed by atoms with E-state index in [2.05, 4.69) is 10.7 Å². The van der Waals surface area contributed by atoms with E-state index >= 15 is 0 Å². The van der Waals surface area contributed by atoms with Crippen LogP contribution in [0, 0.1) is 0 Å². The summed E-state index contributed by atoms with van der Waals surface area (Å²) < 4.78 is 5.50. The molecule has 1 unspecified atom stereocenters. The Bertz CT molecular complexity index is 1100. The highest BCUT2D eigenvalue weighted by atomic mass is 16.5. The van der Waals surface area contributed by atoms with Crippen molar-refractivity contribution in [1.29, 1.82) is 0 Å². The summed E-state index contributed by atoms with van der Waals surface area (Å²) in [5.41, 5.74) is 5.38. The van der Waals surface area contributed by atoms with Crippen LogP contribution in [0.2, 0.25) is 0 Å². The molecule has 2 aromatic rings. The van der Waals surface area contributed by atoms with Gasteiger partial charge in [0.25, 0.3) is 5.91 Å². The summed E-state index contributed by atoms with van der Waals surface area (Å²) in [7, 11) is 0. The number of hydrogen-bond donors (Lipinski definition) is 3. The molecule has 2 aromatic carbocycles. The van der Waals surface area contributed by atoms with Gasteiger partial charge in [0.15, 0.2) is 6.04 Å². The molecule has 1 heterocycles. The number of hydrogen-bond acceptors (Lipinski definition) is 5. The van der Waals surface area contributed by atoms with Gasteiger partial charge < -0.3 is 15.2 Å². The second-order valence-corrected chi connectivity index (χ2v) is 8.30. The number of benzene rings is 2. The Balaban J connectivity index is 1.26. The lowest BCUT2D eigenvalue weighted by atomic mass is 9.98. The van der Waals surface area contributed by atoms with E-state index in [1.807, 2.05) is 48.5 Å². The molecule has 2 aliphatic carbocycles. The average Bonchev–Trinajstić information content (AvgIpc) is 3.34. The molecule has 9 nitrogen and oxygen atoms in total. The quantitative estimate of drug-likeness (QED) is 0.658. The molecule has 0 bridgehead atoms. The molecule has 0 spiro atoms. The second-order valence-electron chi connectivity index (χ2n) is 8.30. The summed E-state index contributed by atoms with van der Waals surface area (Å²) in [6, 6.07) is 14.6. The Morgan fingerprint density at radius 2 is 1.66 bits per heavy atom. The first-order chi connectivity index (χ1) is 15.4. The molecule has 3 amide bonds. The lowest BCUT2D eigenvalue weighted by Gasteiger charge is -2.26. The predicted octanol–water partition coefficient (Wildman–Crippen LogP) is 1.77. The van der Waals surface area contributed by atoms with Crippen molar-refractivity contribution in [3.63, 3.8) is 0 Å². The second kappa shape index (κ2) is 7.37. The topological polar surface area (TPSA) is 125 Å². The standard InChI is InChI=1S/C23H21N3O6/c27-19-11-18(20(28)29)26(25-19)21(30)23(9-10-23)24-22(31)32-12-17-15-7-3-1-5-13(15)14-6-2-4-8-16(14)17/h1-8,17-18H,9-12H2,(H,24,31)(H,25,27)(H,28,29). The summed E-state index contributed by atoms with van der Waals surface area (Å²) in [5.74, 6) is -2.60. The van der Waals surface area contributed by atoms with Gasteiger partial charge in [-0.15, -0.1) is 0 Å². The molecular formula is C23H21N3O6. The molecule has 5 rings (SSSR count). The van der Waals surface area contributed by atoms with Crippen LogP contribution >= 0.6 is 0 Å². The fourth-order valence-electron chi connectivity index (χ4n) is 4.49. The Hall–Kier alpha value is -3.88. The molecule has 0 radical (unpaired) electrons. The first kappa shape index (κ1) is 20.0. The number of ether oxygens (including phenoxy) is 1. The van der Waals surface area contributed by atoms with Crippen LogP contribution in [0.5, 0.6) is 0 Å². The van der Waals surface area contributed by atoms with Crippen LogP contribution in [0.25, 0.3) is 11.1 Å². The first-order valence-electron chi connectivity index (χ1n) is 10.4. The normalized spacial score (nSPS) is 20.2. The van der Waals surface area contributed by atoms with Crippen LogP contribution in [0.1, 0.15) is 36.3 Å². The molecule has 0 aromatic heterocycles. The van der Waals surface area contributed by atoms with E-state index in [1.165, 1.54) is 0 Å². The third-order valence-electron chi connectivity index (χ3n) is 6.28. The Kier molecular flexibility index (Phi) is 4.61. The number of hydrazine groups is 1. The summed E-state index contributed by atoms with van der Waals surface area (Å²) in [6.07, 6.45) is -0.388. The van der Waals surface area contributed by atoms with Gasteiger partial charge in [-0.2, -0.15) is 0 Å². The lowest BCUT2D eigenvalue weighted by molar-refractivity contribution is -0.151. The maximum atomic E-state index is 12.9. The predicted molar refractivity (Wildman–Crippen MR) is 111 cm³/mol. The van der Waals surface area contributed by atoms with E-state index < -0.39 is 35.5 Å². The van der Waals surface area contributed by atoms with Crippen LogP contribution in [-0.2, 0) is 19.1 Å². The fourth-order valence-corrected chi connectivity index (χ4v) is 4.49. The van der Waals surface area contributed by atoms with Crippen LogP contribution in [-0.4, -0.2) is 52.2 Å². The molecule has 1 saturated carbocycles. The fraction of sp³-hybridized carbons (Fsp3) is 0.304. The van der Waals surface area contributed by atoms with E-state index in [9.17, 15) is 24.3 Å². The SMILES string of the molecule is O=C1CC(C(=O)O)N(C(=O)C2(NC(=O)OCC3c4ccccc4-c4ccccc43)CC2)N1. The van der Waals surface area contributed by atoms with Crippen molar-refractivity contribution in [3.05, 3.63) is 59.7 Å². The van der Waals surface area contributed by atoms with E-state index in [0.29, 0.717) is 12.8 Å². The number of rotatable bonds is 5. The number of carbonyl (C=O) groups excluding carboxylic acids is 3. The van der Waals surface area contributed by atoms with Gasteiger partial charge in [-0.05, 0) is 35.1 Å². The largest absolute Gasteiger partial charge is 0.480 e. The number of nitrogens with zero attached hydrogens (tertiary/aromatic N) is 1. The monoisotopic (exact) mass is 435 g/mol. The molecule has 2 fully saturated rings. The highest BCUT2D eigenvalue weighted by molar-refractivity contribution is 5.99. The minimum Gasteiger partial charge on any atom is -0.480 e. The van der Waals surface area contributed by atoms with Gasteiger partial charge >= 0.3 is 12.1 Å². The van der Waals surface area contributed by atoms with Gasteiger partial charge in [0.2, 0.25) is 5.91 Å². The first-order valence-corrected chi connectivity index (χ1v) is 10.4. The highest BCUT2D eigenvalue weighted by Gasteiger charge is 2.57. The number of amides is 3. The summed E-state index contributed by atoms with van der Waals surface area (Å²) in [6.45, 7) is 0.0995. The molecule has 1 atom stereocenters. The van der Waals surface area contributed by atoms with E-state index in [0.717, 1.165) is 27.3 Å². The molecule has 1 aliphatic heterocycles. The average molecular weight is 435 g/mol. The van der Waals surface area contributed by atoms with Gasteiger partial charge in [0.1, 0.15) is 12.1 Å². The third-order valence-corrected chi connectivity index (χ3v) is 6.28. The Morgan fingerprint density at radius 1 is 1.06 bits per heavy atom. The molecule has 3 N–H and O–H groups in total. The zero-order valence-corrected chi connectivity index (χ0v) is 17.0. The lowest BCUT2D eigenvalue weighted by Crippen LogP contribution is -2.56. The zero-order chi connectivity index (χ0) is 22.5. The van der Waals surface area contributed by atoms with Gasteiger partial charge in [0, 0.05) is 5.92 Å².